The Morgan fingerprint density at radius 2 is 1.65 bits per heavy atom. The van der Waals surface area contributed by atoms with Gasteiger partial charge in [0, 0.05) is 13.1 Å². The van der Waals surface area contributed by atoms with Gasteiger partial charge in [-0.3, -0.25) is 9.59 Å². The molecule has 7 heteroatoms. The molecule has 2 rings (SSSR count). The van der Waals surface area contributed by atoms with Crippen molar-refractivity contribution >= 4 is 17.9 Å². The summed E-state index contributed by atoms with van der Waals surface area (Å²) < 4.78 is 5.42. The van der Waals surface area contributed by atoms with Crippen LogP contribution in [0.1, 0.15) is 63.8 Å². The molecule has 0 fully saturated rings. The number of rotatable bonds is 11. The zero-order chi connectivity index (χ0) is 27.6. The predicted octanol–water partition coefficient (Wildman–Crippen LogP) is 5.31. The van der Waals surface area contributed by atoms with Crippen LogP contribution in [0.4, 0.5) is 4.79 Å². The lowest BCUT2D eigenvalue weighted by Gasteiger charge is -2.35. The molecule has 2 unspecified atom stereocenters. The van der Waals surface area contributed by atoms with Crippen molar-refractivity contribution in [1.29, 1.82) is 0 Å². The first-order valence-corrected chi connectivity index (χ1v) is 12.7. The topological polar surface area (TPSA) is 87.7 Å². The minimum absolute atomic E-state index is 0.110. The fraction of sp³-hybridized carbons (Fsp3) is 0.433. The monoisotopic (exact) mass is 507 g/mol. The van der Waals surface area contributed by atoms with Crippen LogP contribution in [0.5, 0.6) is 0 Å². The van der Waals surface area contributed by atoms with E-state index in [0.717, 1.165) is 11.1 Å². The van der Waals surface area contributed by atoms with Gasteiger partial charge in [-0.05, 0) is 56.7 Å². The van der Waals surface area contributed by atoms with E-state index in [1.807, 2.05) is 75.4 Å². The Hall–Kier alpha value is -3.61. The Balaban J connectivity index is 2.44. The predicted molar refractivity (Wildman–Crippen MR) is 147 cm³/mol. The Morgan fingerprint density at radius 3 is 2.22 bits per heavy atom. The maximum absolute atomic E-state index is 14.0. The number of ether oxygens (including phenoxy) is 1. The average Bonchev–Trinajstić information content (AvgIpc) is 2.82. The standard InChI is InChI=1S/C30H41N3O4/c1-8-18-33(28(35)25(19-21(2)3)32-29(36)37-30(5,6)7)26(24-17-13-12-14-22(24)4)27(34)31-20-23-15-10-9-11-16-23/h8-17,21,25-26H,1,18-20H2,2-7H3,(H,31,34)(H,32,36). The minimum atomic E-state index is -0.912. The molecule has 2 aromatic carbocycles. The highest BCUT2D eigenvalue weighted by molar-refractivity contribution is 5.92. The third-order valence-electron chi connectivity index (χ3n) is 5.66. The summed E-state index contributed by atoms with van der Waals surface area (Å²) in [4.78, 5) is 41.8. The largest absolute Gasteiger partial charge is 0.444 e. The first-order chi connectivity index (χ1) is 17.4. The molecule has 0 aliphatic carbocycles. The third kappa shape index (κ3) is 9.41. The Kier molecular flexibility index (Phi) is 10.9. The molecule has 0 aliphatic heterocycles. The lowest BCUT2D eigenvalue weighted by Crippen LogP contribution is -2.53. The first kappa shape index (κ1) is 29.6. The molecule has 2 atom stereocenters. The van der Waals surface area contributed by atoms with Gasteiger partial charge >= 0.3 is 6.09 Å². The van der Waals surface area contributed by atoms with Gasteiger partial charge in [-0.2, -0.15) is 0 Å². The van der Waals surface area contributed by atoms with Crippen LogP contribution in [-0.2, 0) is 20.9 Å². The second-order valence-electron chi connectivity index (χ2n) is 10.6. The van der Waals surface area contributed by atoms with E-state index in [2.05, 4.69) is 17.2 Å². The van der Waals surface area contributed by atoms with Crippen molar-refractivity contribution < 1.29 is 19.1 Å². The summed E-state index contributed by atoms with van der Waals surface area (Å²) >= 11 is 0. The number of nitrogens with one attached hydrogen (secondary N) is 2. The molecule has 0 radical (unpaired) electrons. The van der Waals surface area contributed by atoms with E-state index >= 15 is 0 Å². The molecular weight excluding hydrogens is 466 g/mol. The lowest BCUT2D eigenvalue weighted by atomic mass is 9.96. The zero-order valence-corrected chi connectivity index (χ0v) is 22.9. The number of hydrogen-bond acceptors (Lipinski definition) is 4. The SMILES string of the molecule is C=CCN(C(=O)C(CC(C)C)NC(=O)OC(C)(C)C)C(C(=O)NCc1ccccc1)c1ccccc1C. The summed E-state index contributed by atoms with van der Waals surface area (Å²) in [5.74, 6) is -0.574. The van der Waals surface area contributed by atoms with E-state index in [0.29, 0.717) is 18.5 Å². The second-order valence-corrected chi connectivity index (χ2v) is 10.6. The van der Waals surface area contributed by atoms with Crippen LogP contribution < -0.4 is 10.6 Å². The number of benzene rings is 2. The molecule has 0 saturated carbocycles. The van der Waals surface area contributed by atoms with Crippen molar-refractivity contribution in [3.05, 3.63) is 83.9 Å². The molecule has 3 amide bonds. The number of hydrogen-bond donors (Lipinski definition) is 2. The Labute approximate surface area is 221 Å². The highest BCUT2D eigenvalue weighted by Crippen LogP contribution is 2.26. The summed E-state index contributed by atoms with van der Waals surface area (Å²) in [5.41, 5.74) is 1.83. The summed E-state index contributed by atoms with van der Waals surface area (Å²) in [5, 5.41) is 5.73. The summed E-state index contributed by atoms with van der Waals surface area (Å²) in [6.45, 7) is 15.4. The molecule has 37 heavy (non-hydrogen) atoms. The Morgan fingerprint density at radius 1 is 1.03 bits per heavy atom. The molecule has 0 aliphatic rings. The van der Waals surface area contributed by atoms with Crippen molar-refractivity contribution in [1.82, 2.24) is 15.5 Å². The van der Waals surface area contributed by atoms with Crippen LogP contribution >= 0.6 is 0 Å². The van der Waals surface area contributed by atoms with Crippen molar-refractivity contribution in [2.45, 2.75) is 72.2 Å². The van der Waals surface area contributed by atoms with Gasteiger partial charge in [0.25, 0.3) is 0 Å². The molecule has 0 saturated heterocycles. The summed E-state index contributed by atoms with van der Waals surface area (Å²) in [6, 6.07) is 15.3. The van der Waals surface area contributed by atoms with Gasteiger partial charge in [0.05, 0.1) is 0 Å². The van der Waals surface area contributed by atoms with E-state index in [9.17, 15) is 14.4 Å². The van der Waals surface area contributed by atoms with E-state index in [-0.39, 0.29) is 24.3 Å². The van der Waals surface area contributed by atoms with Crippen molar-refractivity contribution in [2.75, 3.05) is 6.54 Å². The quantitative estimate of drug-likeness (QED) is 0.404. The minimum Gasteiger partial charge on any atom is -0.444 e. The number of alkyl carbamates (subject to hydrolysis) is 1. The molecule has 200 valence electrons. The van der Waals surface area contributed by atoms with Crippen LogP contribution in [0.2, 0.25) is 0 Å². The molecule has 0 bridgehead atoms. The number of aryl methyl sites for hydroxylation is 1. The van der Waals surface area contributed by atoms with Crippen molar-refractivity contribution in [3.63, 3.8) is 0 Å². The molecular formula is C30H41N3O4. The molecule has 0 spiro atoms. The van der Waals surface area contributed by atoms with Gasteiger partial charge in [0.2, 0.25) is 11.8 Å². The maximum Gasteiger partial charge on any atom is 0.408 e. The Bertz CT molecular complexity index is 1060. The number of nitrogens with zero attached hydrogens (tertiary/aromatic N) is 1. The number of carbonyl (C=O) groups excluding carboxylic acids is 3. The summed E-state index contributed by atoms with van der Waals surface area (Å²) in [7, 11) is 0. The fourth-order valence-electron chi connectivity index (χ4n) is 4.03. The molecule has 0 aromatic heterocycles. The van der Waals surface area contributed by atoms with Crippen LogP contribution in [0, 0.1) is 12.8 Å². The molecule has 7 nitrogen and oxygen atoms in total. The van der Waals surface area contributed by atoms with E-state index in [1.165, 1.54) is 4.90 Å². The van der Waals surface area contributed by atoms with E-state index in [4.69, 9.17) is 4.74 Å². The van der Waals surface area contributed by atoms with Crippen LogP contribution in [-0.4, -0.2) is 41.0 Å². The van der Waals surface area contributed by atoms with Crippen molar-refractivity contribution in [3.8, 4) is 0 Å². The van der Waals surface area contributed by atoms with E-state index < -0.39 is 23.8 Å². The normalized spacial score (nSPS) is 12.8. The smallest absolute Gasteiger partial charge is 0.408 e. The second kappa shape index (κ2) is 13.6. The first-order valence-electron chi connectivity index (χ1n) is 12.7. The van der Waals surface area contributed by atoms with Crippen molar-refractivity contribution in [2.24, 2.45) is 5.92 Å². The third-order valence-corrected chi connectivity index (χ3v) is 5.66. The van der Waals surface area contributed by atoms with Crippen LogP contribution in [0.15, 0.2) is 67.3 Å². The van der Waals surface area contributed by atoms with Gasteiger partial charge in [0.1, 0.15) is 17.7 Å². The number of carbonyl (C=O) groups is 3. The van der Waals surface area contributed by atoms with Gasteiger partial charge in [0.15, 0.2) is 0 Å². The highest BCUT2D eigenvalue weighted by Gasteiger charge is 2.36. The van der Waals surface area contributed by atoms with Gasteiger partial charge in [-0.15, -0.1) is 6.58 Å². The molecule has 2 N–H and O–H groups in total. The summed E-state index contributed by atoms with van der Waals surface area (Å²) in [6.07, 6.45) is 1.30. The van der Waals surface area contributed by atoms with Gasteiger partial charge < -0.3 is 20.3 Å². The molecule has 0 heterocycles. The maximum atomic E-state index is 14.0. The zero-order valence-electron chi connectivity index (χ0n) is 22.9. The molecule has 2 aromatic rings. The number of amides is 3. The van der Waals surface area contributed by atoms with Gasteiger partial charge in [-0.25, -0.2) is 4.79 Å². The fourth-order valence-corrected chi connectivity index (χ4v) is 4.03. The highest BCUT2D eigenvalue weighted by atomic mass is 16.6. The average molecular weight is 508 g/mol. The van der Waals surface area contributed by atoms with Gasteiger partial charge in [-0.1, -0.05) is 74.5 Å². The van der Waals surface area contributed by atoms with Crippen LogP contribution in [0.25, 0.3) is 0 Å². The van der Waals surface area contributed by atoms with Crippen LogP contribution in [0.3, 0.4) is 0 Å². The van der Waals surface area contributed by atoms with E-state index in [1.54, 1.807) is 26.8 Å². The lowest BCUT2D eigenvalue weighted by molar-refractivity contribution is -0.142.